The zero-order valence-electron chi connectivity index (χ0n) is 20.3. The Hall–Kier alpha value is -4.74. The first kappa shape index (κ1) is 23.6. The average molecular weight is 516 g/mol. The Bertz CT molecular complexity index is 1860. The molecule has 0 N–H and O–H groups in total. The van der Waals surface area contributed by atoms with Crippen molar-refractivity contribution in [2.75, 3.05) is 0 Å². The monoisotopic (exact) mass is 515 g/mol. The van der Waals surface area contributed by atoms with E-state index in [1.54, 1.807) is 24.4 Å². The van der Waals surface area contributed by atoms with E-state index >= 15 is 0 Å². The van der Waals surface area contributed by atoms with Crippen LogP contribution in [0.2, 0.25) is 5.02 Å². The number of fused-ring (bicyclic) bond motifs is 2. The van der Waals surface area contributed by atoms with Gasteiger partial charge in [0.2, 0.25) is 0 Å². The maximum atomic E-state index is 13.5. The van der Waals surface area contributed by atoms with Gasteiger partial charge in [0.1, 0.15) is 12.4 Å². The standard InChI is InChI=1S/C32H22ClN3O2/c33-26-17-18-30(38-21-24-13-8-12-22-9-4-5-14-27(22)24)25(19-26)20-34-36-31(23-10-2-1-3-11-23)35-29-16-7-6-15-28(29)32(36)37/h1-20H,21H2. The van der Waals surface area contributed by atoms with Gasteiger partial charge in [0.05, 0.1) is 17.1 Å². The minimum Gasteiger partial charge on any atom is -0.488 e. The summed E-state index contributed by atoms with van der Waals surface area (Å²) in [5, 5.41) is 7.91. The zero-order valence-corrected chi connectivity index (χ0v) is 21.0. The minimum absolute atomic E-state index is 0.258. The van der Waals surface area contributed by atoms with Gasteiger partial charge in [0, 0.05) is 16.1 Å². The van der Waals surface area contributed by atoms with E-state index < -0.39 is 0 Å². The van der Waals surface area contributed by atoms with Crippen LogP contribution in [0.25, 0.3) is 33.1 Å². The molecule has 0 unspecified atom stereocenters. The molecule has 6 aromatic rings. The van der Waals surface area contributed by atoms with Crippen LogP contribution in [0.4, 0.5) is 0 Å². The zero-order chi connectivity index (χ0) is 25.9. The summed E-state index contributed by atoms with van der Waals surface area (Å²) in [5.74, 6) is 1.06. The number of hydrogen-bond donors (Lipinski definition) is 0. The molecule has 0 fully saturated rings. The lowest BCUT2D eigenvalue weighted by molar-refractivity contribution is 0.307. The van der Waals surface area contributed by atoms with Crippen molar-refractivity contribution in [1.82, 2.24) is 9.66 Å². The van der Waals surface area contributed by atoms with E-state index in [9.17, 15) is 4.79 Å². The van der Waals surface area contributed by atoms with E-state index in [1.807, 2.05) is 72.8 Å². The summed E-state index contributed by atoms with van der Waals surface area (Å²) in [6.07, 6.45) is 1.59. The third-order valence-corrected chi connectivity index (χ3v) is 6.57. The number of para-hydroxylation sites is 1. The fourth-order valence-electron chi connectivity index (χ4n) is 4.45. The Morgan fingerprint density at radius 3 is 2.42 bits per heavy atom. The van der Waals surface area contributed by atoms with Gasteiger partial charge in [-0.15, -0.1) is 0 Å². The summed E-state index contributed by atoms with van der Waals surface area (Å²) < 4.78 is 7.56. The van der Waals surface area contributed by atoms with Crippen LogP contribution >= 0.6 is 11.6 Å². The summed E-state index contributed by atoms with van der Waals surface area (Å²) in [7, 11) is 0. The van der Waals surface area contributed by atoms with Gasteiger partial charge in [0.15, 0.2) is 5.82 Å². The van der Waals surface area contributed by atoms with Crippen LogP contribution in [0.5, 0.6) is 5.75 Å². The maximum absolute atomic E-state index is 13.5. The quantitative estimate of drug-likeness (QED) is 0.218. The van der Waals surface area contributed by atoms with Crippen LogP contribution in [0.1, 0.15) is 11.1 Å². The van der Waals surface area contributed by atoms with Crippen molar-refractivity contribution in [3.63, 3.8) is 0 Å². The second kappa shape index (κ2) is 10.3. The highest BCUT2D eigenvalue weighted by Crippen LogP contribution is 2.25. The summed E-state index contributed by atoms with van der Waals surface area (Å²) in [4.78, 5) is 18.2. The molecule has 0 spiro atoms. The Balaban J connectivity index is 1.40. The molecule has 0 amide bonds. The number of benzene rings is 5. The number of rotatable bonds is 6. The van der Waals surface area contributed by atoms with Gasteiger partial charge in [0.25, 0.3) is 5.56 Å². The van der Waals surface area contributed by atoms with E-state index in [0.29, 0.717) is 39.7 Å². The fourth-order valence-corrected chi connectivity index (χ4v) is 4.63. The molecule has 1 aromatic heterocycles. The SMILES string of the molecule is O=c1c2ccccc2nc(-c2ccccc2)n1N=Cc1cc(Cl)ccc1OCc1cccc2ccccc12. The highest BCUT2D eigenvalue weighted by Gasteiger charge is 2.13. The highest BCUT2D eigenvalue weighted by molar-refractivity contribution is 6.30. The van der Waals surface area contributed by atoms with Crippen LogP contribution in [0.3, 0.4) is 0 Å². The molecule has 1 heterocycles. The summed E-state index contributed by atoms with van der Waals surface area (Å²) >= 11 is 6.33. The second-order valence-electron chi connectivity index (χ2n) is 8.79. The molecule has 184 valence electrons. The molecule has 38 heavy (non-hydrogen) atoms. The average Bonchev–Trinajstić information content (AvgIpc) is 2.96. The van der Waals surface area contributed by atoms with E-state index in [2.05, 4.69) is 29.4 Å². The summed E-state index contributed by atoms with van der Waals surface area (Å²) in [5.41, 5.74) is 2.86. The molecule has 0 radical (unpaired) electrons. The third kappa shape index (κ3) is 4.67. The minimum atomic E-state index is -0.258. The van der Waals surface area contributed by atoms with Crippen molar-refractivity contribution < 1.29 is 4.74 Å². The number of nitrogens with zero attached hydrogens (tertiary/aromatic N) is 3. The van der Waals surface area contributed by atoms with Crippen LogP contribution in [0.15, 0.2) is 125 Å². The lowest BCUT2D eigenvalue weighted by Gasteiger charge is -2.12. The van der Waals surface area contributed by atoms with Crippen molar-refractivity contribution >= 4 is 39.5 Å². The molecular formula is C32H22ClN3O2. The Morgan fingerprint density at radius 2 is 1.55 bits per heavy atom. The first-order valence-electron chi connectivity index (χ1n) is 12.2. The van der Waals surface area contributed by atoms with Crippen LogP contribution < -0.4 is 10.3 Å². The lowest BCUT2D eigenvalue weighted by Crippen LogP contribution is -2.20. The summed E-state index contributed by atoms with van der Waals surface area (Å²) in [6, 6.07) is 36.5. The maximum Gasteiger partial charge on any atom is 0.282 e. The molecule has 0 aliphatic rings. The van der Waals surface area contributed by atoms with Gasteiger partial charge in [-0.25, -0.2) is 4.98 Å². The van der Waals surface area contributed by atoms with Crippen molar-refractivity contribution in [3.05, 3.63) is 142 Å². The lowest BCUT2D eigenvalue weighted by atomic mass is 10.1. The smallest absolute Gasteiger partial charge is 0.282 e. The molecule has 0 saturated heterocycles. The molecule has 0 atom stereocenters. The van der Waals surface area contributed by atoms with Crippen molar-refractivity contribution in [3.8, 4) is 17.1 Å². The van der Waals surface area contributed by atoms with E-state index in [-0.39, 0.29) is 5.56 Å². The molecular weight excluding hydrogens is 494 g/mol. The van der Waals surface area contributed by atoms with E-state index in [4.69, 9.17) is 21.3 Å². The van der Waals surface area contributed by atoms with Gasteiger partial charge < -0.3 is 4.74 Å². The van der Waals surface area contributed by atoms with Gasteiger partial charge in [-0.3, -0.25) is 4.79 Å². The number of aromatic nitrogens is 2. The predicted octanol–water partition coefficient (Wildman–Crippen LogP) is 7.33. The molecule has 6 heteroatoms. The van der Waals surface area contributed by atoms with Crippen molar-refractivity contribution in [2.45, 2.75) is 6.61 Å². The van der Waals surface area contributed by atoms with E-state index in [1.165, 1.54) is 4.68 Å². The van der Waals surface area contributed by atoms with Gasteiger partial charge in [-0.1, -0.05) is 96.5 Å². The number of hydrogen-bond acceptors (Lipinski definition) is 4. The van der Waals surface area contributed by atoms with Crippen LogP contribution in [-0.2, 0) is 6.61 Å². The number of halogens is 1. The number of ether oxygens (including phenoxy) is 1. The Kier molecular flexibility index (Phi) is 6.42. The van der Waals surface area contributed by atoms with E-state index in [0.717, 1.165) is 21.9 Å². The molecule has 0 aliphatic heterocycles. The second-order valence-corrected chi connectivity index (χ2v) is 9.23. The normalized spacial score (nSPS) is 11.4. The van der Waals surface area contributed by atoms with Gasteiger partial charge in [-0.2, -0.15) is 9.78 Å². The van der Waals surface area contributed by atoms with Crippen LogP contribution in [-0.4, -0.2) is 15.9 Å². The largest absolute Gasteiger partial charge is 0.488 e. The third-order valence-electron chi connectivity index (χ3n) is 6.33. The topological polar surface area (TPSA) is 56.5 Å². The fraction of sp³-hybridized carbons (Fsp3) is 0.0312. The molecule has 0 bridgehead atoms. The molecule has 0 aliphatic carbocycles. The molecule has 6 rings (SSSR count). The Morgan fingerprint density at radius 1 is 0.816 bits per heavy atom. The van der Waals surface area contributed by atoms with Crippen molar-refractivity contribution in [2.24, 2.45) is 5.10 Å². The molecule has 5 nitrogen and oxygen atoms in total. The first-order valence-corrected chi connectivity index (χ1v) is 12.6. The molecule has 0 saturated carbocycles. The Labute approximate surface area is 224 Å². The van der Waals surface area contributed by atoms with Gasteiger partial charge >= 0.3 is 0 Å². The first-order chi connectivity index (χ1) is 18.7. The van der Waals surface area contributed by atoms with Gasteiger partial charge in [-0.05, 0) is 46.7 Å². The highest BCUT2D eigenvalue weighted by atomic mass is 35.5. The predicted molar refractivity (Wildman–Crippen MR) is 154 cm³/mol. The van der Waals surface area contributed by atoms with Crippen molar-refractivity contribution in [1.29, 1.82) is 0 Å². The molecule has 5 aromatic carbocycles. The summed E-state index contributed by atoms with van der Waals surface area (Å²) in [6.45, 7) is 0.372. The van der Waals surface area contributed by atoms with Crippen LogP contribution in [0, 0.1) is 0 Å².